The fourth-order valence-corrected chi connectivity index (χ4v) is 3.76. The molecule has 0 saturated carbocycles. The zero-order chi connectivity index (χ0) is 22.4. The summed E-state index contributed by atoms with van der Waals surface area (Å²) in [5, 5.41) is 0. The van der Waals surface area contributed by atoms with Gasteiger partial charge in [-0.3, -0.25) is 4.79 Å². The number of halogens is 6. The van der Waals surface area contributed by atoms with Gasteiger partial charge in [-0.05, 0) is 25.0 Å². The highest BCUT2D eigenvalue weighted by Gasteiger charge is 2.41. The van der Waals surface area contributed by atoms with Gasteiger partial charge in [-0.25, -0.2) is 18.2 Å². The topological polar surface area (TPSA) is 64.2 Å². The Kier molecular flexibility index (Phi) is 5.85. The summed E-state index contributed by atoms with van der Waals surface area (Å²) in [5.41, 5.74) is 6.31. The molecule has 1 aromatic heterocycles. The molecule has 0 bridgehead atoms. The van der Waals surface area contributed by atoms with Crippen LogP contribution in [0.1, 0.15) is 42.2 Å². The third-order valence-electron chi connectivity index (χ3n) is 5.28. The van der Waals surface area contributed by atoms with E-state index in [2.05, 4.69) is 4.98 Å². The third-order valence-corrected chi connectivity index (χ3v) is 5.28. The molecule has 1 unspecified atom stereocenters. The molecular formula is C19H20F6N4O. The maximum atomic E-state index is 13.8. The maximum absolute atomic E-state index is 13.8. The molecule has 2 heterocycles. The molecule has 1 aliphatic rings. The van der Waals surface area contributed by atoms with E-state index in [0.29, 0.717) is 17.8 Å². The van der Waals surface area contributed by atoms with Gasteiger partial charge in [0.05, 0.1) is 11.7 Å². The highest BCUT2D eigenvalue weighted by atomic mass is 19.4. The molecular weight excluding hydrogens is 414 g/mol. The number of carbonyl (C=O) groups is 1. The van der Waals surface area contributed by atoms with Crippen LogP contribution in [0.3, 0.4) is 0 Å². The molecule has 3 rings (SSSR count). The summed E-state index contributed by atoms with van der Waals surface area (Å²) in [6.45, 7) is 1.75. The van der Waals surface area contributed by atoms with Gasteiger partial charge in [-0.15, -0.1) is 0 Å². The van der Waals surface area contributed by atoms with Gasteiger partial charge < -0.3 is 15.2 Å². The Labute approximate surface area is 168 Å². The van der Waals surface area contributed by atoms with E-state index < -0.39 is 47.4 Å². The second-order valence-corrected chi connectivity index (χ2v) is 7.36. The van der Waals surface area contributed by atoms with Crippen molar-refractivity contribution in [3.8, 4) is 0 Å². The van der Waals surface area contributed by atoms with Crippen molar-refractivity contribution < 1.29 is 31.1 Å². The monoisotopic (exact) mass is 434 g/mol. The van der Waals surface area contributed by atoms with Crippen LogP contribution in [-0.4, -0.2) is 32.9 Å². The highest BCUT2D eigenvalue weighted by Crippen LogP contribution is 2.35. The molecule has 0 spiro atoms. The van der Waals surface area contributed by atoms with Crippen molar-refractivity contribution in [1.82, 2.24) is 14.5 Å². The fourth-order valence-electron chi connectivity index (χ4n) is 3.76. The number of hydrogen-bond acceptors (Lipinski definition) is 3. The number of amides is 1. The molecule has 1 aromatic carbocycles. The van der Waals surface area contributed by atoms with Gasteiger partial charge in [0.25, 0.3) is 0 Å². The molecule has 0 aliphatic carbocycles. The highest BCUT2D eigenvalue weighted by molar-refractivity contribution is 5.77. The first-order valence-electron chi connectivity index (χ1n) is 9.21. The Morgan fingerprint density at radius 1 is 1.23 bits per heavy atom. The van der Waals surface area contributed by atoms with Gasteiger partial charge in [0.15, 0.2) is 11.6 Å². The smallest absolute Gasteiger partial charge is 0.334 e. The summed E-state index contributed by atoms with van der Waals surface area (Å²) in [5.74, 6) is -4.99. The van der Waals surface area contributed by atoms with Crippen molar-refractivity contribution in [2.45, 2.75) is 44.4 Å². The number of benzene rings is 1. The number of imidazole rings is 1. The van der Waals surface area contributed by atoms with Crippen molar-refractivity contribution in [2.24, 2.45) is 12.8 Å². The van der Waals surface area contributed by atoms with Crippen molar-refractivity contribution in [3.05, 3.63) is 52.4 Å². The van der Waals surface area contributed by atoms with Crippen molar-refractivity contribution in [3.63, 3.8) is 0 Å². The van der Waals surface area contributed by atoms with Gasteiger partial charge in [-0.2, -0.15) is 13.2 Å². The fraction of sp³-hybridized carbons (Fsp3) is 0.474. The zero-order valence-electron chi connectivity index (χ0n) is 16.2. The van der Waals surface area contributed by atoms with E-state index in [1.807, 2.05) is 0 Å². The van der Waals surface area contributed by atoms with Crippen LogP contribution in [0.15, 0.2) is 12.1 Å². The first-order chi connectivity index (χ1) is 13.9. The van der Waals surface area contributed by atoms with Crippen LogP contribution in [0.25, 0.3) is 0 Å². The molecule has 11 heteroatoms. The first-order valence-corrected chi connectivity index (χ1v) is 9.21. The van der Waals surface area contributed by atoms with Gasteiger partial charge >= 0.3 is 6.18 Å². The Bertz CT molecular complexity index is 971. The average molecular weight is 434 g/mol. The van der Waals surface area contributed by atoms with E-state index in [1.165, 1.54) is 11.9 Å². The molecule has 30 heavy (non-hydrogen) atoms. The maximum Gasteiger partial charge on any atom is 0.449 e. The van der Waals surface area contributed by atoms with Crippen molar-refractivity contribution in [2.75, 3.05) is 6.54 Å². The number of fused-ring (bicyclic) bond motifs is 1. The molecule has 1 aliphatic heterocycles. The minimum Gasteiger partial charge on any atom is -0.334 e. The van der Waals surface area contributed by atoms with E-state index in [1.54, 1.807) is 6.92 Å². The van der Waals surface area contributed by atoms with Crippen LogP contribution >= 0.6 is 0 Å². The zero-order valence-corrected chi connectivity index (χ0v) is 16.2. The van der Waals surface area contributed by atoms with E-state index in [-0.39, 0.29) is 37.1 Å². The Morgan fingerprint density at radius 3 is 2.50 bits per heavy atom. The summed E-state index contributed by atoms with van der Waals surface area (Å²) >= 11 is 0. The number of nitrogens with two attached hydrogens (primary N) is 1. The van der Waals surface area contributed by atoms with Crippen LogP contribution in [0.5, 0.6) is 0 Å². The summed E-state index contributed by atoms with van der Waals surface area (Å²) < 4.78 is 80.5. The Morgan fingerprint density at radius 2 is 1.87 bits per heavy atom. The minimum atomic E-state index is -4.61. The molecule has 1 amide bonds. The predicted molar refractivity (Wildman–Crippen MR) is 94.7 cm³/mol. The van der Waals surface area contributed by atoms with Crippen LogP contribution in [-0.2, 0) is 30.9 Å². The first kappa shape index (κ1) is 22.1. The number of nitrogens with zero attached hydrogens (tertiary/aromatic N) is 3. The number of alkyl halides is 3. The lowest BCUT2D eigenvalue weighted by Gasteiger charge is -2.33. The predicted octanol–water partition coefficient (Wildman–Crippen LogP) is 3.26. The van der Waals surface area contributed by atoms with Gasteiger partial charge in [0.1, 0.15) is 5.82 Å². The minimum absolute atomic E-state index is 0.164. The Hall–Kier alpha value is -2.56. The summed E-state index contributed by atoms with van der Waals surface area (Å²) in [7, 11) is 1.28. The summed E-state index contributed by atoms with van der Waals surface area (Å²) in [6, 6.07) is -0.486. The van der Waals surface area contributed by atoms with E-state index >= 15 is 0 Å². The molecule has 0 saturated heterocycles. The molecule has 164 valence electrons. The lowest BCUT2D eigenvalue weighted by atomic mass is 10.00. The third kappa shape index (κ3) is 4.16. The molecule has 2 atom stereocenters. The van der Waals surface area contributed by atoms with Crippen molar-refractivity contribution in [1.29, 1.82) is 0 Å². The summed E-state index contributed by atoms with van der Waals surface area (Å²) in [4.78, 5) is 17.7. The molecule has 2 aromatic rings. The molecule has 0 fully saturated rings. The number of hydrogen-bond donors (Lipinski definition) is 1. The second-order valence-electron chi connectivity index (χ2n) is 7.36. The van der Waals surface area contributed by atoms with Crippen LogP contribution in [0.4, 0.5) is 26.3 Å². The Balaban J connectivity index is 1.72. The van der Waals surface area contributed by atoms with Crippen LogP contribution in [0, 0.1) is 17.5 Å². The van der Waals surface area contributed by atoms with Gasteiger partial charge in [0.2, 0.25) is 11.7 Å². The van der Waals surface area contributed by atoms with Crippen LogP contribution < -0.4 is 5.73 Å². The van der Waals surface area contributed by atoms with E-state index in [9.17, 15) is 31.1 Å². The molecule has 0 radical (unpaired) electrons. The quantitative estimate of drug-likeness (QED) is 0.594. The number of carbonyl (C=O) groups excluding carboxylic acids is 1. The van der Waals surface area contributed by atoms with E-state index in [0.717, 1.165) is 4.57 Å². The number of aromatic nitrogens is 2. The second kappa shape index (κ2) is 7.93. The average Bonchev–Trinajstić information content (AvgIpc) is 2.98. The van der Waals surface area contributed by atoms with Gasteiger partial charge in [0, 0.05) is 44.2 Å². The van der Waals surface area contributed by atoms with E-state index in [4.69, 9.17) is 5.73 Å². The molecule has 2 N–H and O–H groups in total. The standard InChI is InChI=1S/C19H20F6N4O/c1-9-17-15(28(2)18(27-17)19(23,24)25)3-4-29(9)16(30)7-11(26)5-10-6-13(21)14(22)8-12(10)20/h6,8-9,11H,3-5,7,26H2,1-2H3/t9?,11-/m1/s1. The lowest BCUT2D eigenvalue weighted by molar-refractivity contribution is -0.146. The van der Waals surface area contributed by atoms with Crippen LogP contribution in [0.2, 0.25) is 0 Å². The normalized spacial score (nSPS) is 17.8. The SMILES string of the molecule is CC1c2nc(C(F)(F)F)n(C)c2CCN1C(=O)C[C@H](N)Cc1cc(F)c(F)cc1F. The van der Waals surface area contributed by atoms with Gasteiger partial charge in [-0.1, -0.05) is 0 Å². The van der Waals surface area contributed by atoms with Crippen molar-refractivity contribution >= 4 is 5.91 Å². The molecule has 5 nitrogen and oxygen atoms in total. The number of rotatable bonds is 4. The summed E-state index contributed by atoms with van der Waals surface area (Å²) in [6.07, 6.45) is -4.86. The largest absolute Gasteiger partial charge is 0.449 e. The lowest BCUT2D eigenvalue weighted by Crippen LogP contribution is -2.42.